The number of nitrogens with one attached hydrogen (secondary N) is 1. The zero-order valence-electron chi connectivity index (χ0n) is 11.2. The third-order valence-electron chi connectivity index (χ3n) is 2.71. The van der Waals surface area contributed by atoms with Crippen molar-refractivity contribution in [3.63, 3.8) is 0 Å². The molecule has 20 heavy (non-hydrogen) atoms. The van der Waals surface area contributed by atoms with Crippen LogP contribution in [0.3, 0.4) is 0 Å². The van der Waals surface area contributed by atoms with Crippen molar-refractivity contribution in [1.82, 2.24) is 14.9 Å². The van der Waals surface area contributed by atoms with Gasteiger partial charge in [-0.2, -0.15) is 0 Å². The summed E-state index contributed by atoms with van der Waals surface area (Å²) in [5.74, 6) is -1.44. The summed E-state index contributed by atoms with van der Waals surface area (Å²) in [6.45, 7) is 3.31. The van der Waals surface area contributed by atoms with Gasteiger partial charge in [-0.25, -0.2) is 9.78 Å². The summed E-state index contributed by atoms with van der Waals surface area (Å²) in [5.41, 5.74) is 0.622. The van der Waals surface area contributed by atoms with Crippen molar-refractivity contribution in [3.8, 4) is 5.00 Å². The fourth-order valence-corrected chi connectivity index (χ4v) is 2.61. The van der Waals surface area contributed by atoms with Gasteiger partial charge in [0.05, 0.1) is 5.69 Å². The highest BCUT2D eigenvalue weighted by atomic mass is 32.1. The zero-order chi connectivity index (χ0) is 14.7. The van der Waals surface area contributed by atoms with Gasteiger partial charge in [0, 0.05) is 24.4 Å². The Balaban J connectivity index is 2.12. The standard InChI is InChI=1S/C13H15N3O3S/c1-8-3-4-12(20-8)16-6-10(14-7-16)5-11(13(18)19)15-9(2)17/h3-4,6-7,11H,5H2,1-2H3,(H,15,17)(H,18,19)/t11-/m0/s1. The number of nitrogens with zero attached hydrogens (tertiary/aromatic N) is 2. The molecule has 0 aliphatic carbocycles. The normalized spacial score (nSPS) is 12.1. The predicted octanol–water partition coefficient (Wildman–Crippen LogP) is 1.37. The topological polar surface area (TPSA) is 84.2 Å². The number of carbonyl (C=O) groups is 2. The van der Waals surface area contributed by atoms with Crippen LogP contribution in [0.1, 0.15) is 17.5 Å². The van der Waals surface area contributed by atoms with Gasteiger partial charge in [-0.15, -0.1) is 11.3 Å². The molecule has 2 aromatic rings. The van der Waals surface area contributed by atoms with Gasteiger partial charge < -0.3 is 10.4 Å². The highest BCUT2D eigenvalue weighted by Gasteiger charge is 2.20. The van der Waals surface area contributed by atoms with E-state index in [9.17, 15) is 9.59 Å². The summed E-state index contributed by atoms with van der Waals surface area (Å²) in [7, 11) is 0. The molecule has 0 bridgehead atoms. The molecular formula is C13H15N3O3S. The first-order valence-electron chi connectivity index (χ1n) is 6.05. The lowest BCUT2D eigenvalue weighted by atomic mass is 10.1. The lowest BCUT2D eigenvalue weighted by Gasteiger charge is -2.11. The Hall–Kier alpha value is -2.15. The summed E-state index contributed by atoms with van der Waals surface area (Å²) in [6.07, 6.45) is 3.59. The minimum atomic E-state index is -1.07. The second-order valence-electron chi connectivity index (χ2n) is 4.45. The molecule has 0 saturated carbocycles. The molecule has 0 fully saturated rings. The second-order valence-corrected chi connectivity index (χ2v) is 5.72. The molecule has 2 rings (SSSR count). The molecule has 0 aliphatic heterocycles. The quantitative estimate of drug-likeness (QED) is 0.872. The predicted molar refractivity (Wildman–Crippen MR) is 75.1 cm³/mol. The van der Waals surface area contributed by atoms with Crippen molar-refractivity contribution in [1.29, 1.82) is 0 Å². The molecule has 0 unspecified atom stereocenters. The molecule has 0 spiro atoms. The van der Waals surface area contributed by atoms with Crippen molar-refractivity contribution in [2.24, 2.45) is 0 Å². The van der Waals surface area contributed by atoms with Crippen LogP contribution >= 0.6 is 11.3 Å². The van der Waals surface area contributed by atoms with Crippen molar-refractivity contribution >= 4 is 23.2 Å². The van der Waals surface area contributed by atoms with E-state index in [2.05, 4.69) is 10.3 Å². The van der Waals surface area contributed by atoms with Gasteiger partial charge in [0.2, 0.25) is 5.91 Å². The number of amides is 1. The van der Waals surface area contributed by atoms with E-state index in [0.717, 1.165) is 5.00 Å². The number of carboxylic acids is 1. The maximum absolute atomic E-state index is 11.1. The Morgan fingerprint density at radius 1 is 1.50 bits per heavy atom. The van der Waals surface area contributed by atoms with E-state index in [1.165, 1.54) is 11.8 Å². The van der Waals surface area contributed by atoms with E-state index in [1.807, 2.05) is 23.6 Å². The summed E-state index contributed by atoms with van der Waals surface area (Å²) in [4.78, 5) is 27.4. The van der Waals surface area contributed by atoms with E-state index in [1.54, 1.807) is 23.9 Å². The third-order valence-corrected chi connectivity index (χ3v) is 3.72. The number of aromatic nitrogens is 2. The largest absolute Gasteiger partial charge is 0.480 e. The van der Waals surface area contributed by atoms with E-state index in [-0.39, 0.29) is 12.3 Å². The molecule has 7 heteroatoms. The van der Waals surface area contributed by atoms with Crippen molar-refractivity contribution in [2.45, 2.75) is 26.3 Å². The Kier molecular flexibility index (Phi) is 4.19. The maximum Gasteiger partial charge on any atom is 0.326 e. The summed E-state index contributed by atoms with van der Waals surface area (Å²) in [5, 5.41) is 12.5. The number of aryl methyl sites for hydroxylation is 1. The highest BCUT2D eigenvalue weighted by molar-refractivity contribution is 7.14. The lowest BCUT2D eigenvalue weighted by Crippen LogP contribution is -2.41. The molecule has 0 radical (unpaired) electrons. The maximum atomic E-state index is 11.1. The minimum absolute atomic E-state index is 0.159. The van der Waals surface area contributed by atoms with Gasteiger partial charge in [0.25, 0.3) is 0 Å². The SMILES string of the molecule is CC(=O)N[C@@H](Cc1cn(-c2ccc(C)s2)cn1)C(=O)O. The van der Waals surface area contributed by atoms with Crippen LogP contribution in [0.25, 0.3) is 5.00 Å². The first-order valence-corrected chi connectivity index (χ1v) is 6.87. The Labute approximate surface area is 120 Å². The molecule has 2 aromatic heterocycles. The average Bonchev–Trinajstić information content (AvgIpc) is 2.96. The monoisotopic (exact) mass is 293 g/mol. The van der Waals surface area contributed by atoms with E-state index in [4.69, 9.17) is 5.11 Å². The number of carboxylic acid groups (broad SMARTS) is 1. The van der Waals surface area contributed by atoms with Crippen LogP contribution in [0.2, 0.25) is 0 Å². The van der Waals surface area contributed by atoms with Crippen LogP contribution in [0.15, 0.2) is 24.7 Å². The first-order chi connectivity index (χ1) is 9.45. The van der Waals surface area contributed by atoms with Crippen LogP contribution in [0.4, 0.5) is 0 Å². The molecule has 2 N–H and O–H groups in total. The van der Waals surface area contributed by atoms with Gasteiger partial charge in [-0.1, -0.05) is 0 Å². The van der Waals surface area contributed by atoms with Gasteiger partial charge in [0.1, 0.15) is 17.4 Å². The Bertz CT molecular complexity index is 632. The minimum Gasteiger partial charge on any atom is -0.480 e. The number of imidazole rings is 1. The number of rotatable bonds is 5. The van der Waals surface area contributed by atoms with Gasteiger partial charge in [0.15, 0.2) is 0 Å². The molecule has 6 nitrogen and oxygen atoms in total. The van der Waals surface area contributed by atoms with Crippen LogP contribution < -0.4 is 5.32 Å². The Morgan fingerprint density at radius 3 is 2.80 bits per heavy atom. The van der Waals surface area contributed by atoms with Crippen LogP contribution in [0.5, 0.6) is 0 Å². The van der Waals surface area contributed by atoms with Gasteiger partial charge >= 0.3 is 5.97 Å². The van der Waals surface area contributed by atoms with E-state index < -0.39 is 12.0 Å². The average molecular weight is 293 g/mol. The lowest BCUT2D eigenvalue weighted by molar-refractivity contribution is -0.141. The van der Waals surface area contributed by atoms with E-state index in [0.29, 0.717) is 5.69 Å². The summed E-state index contributed by atoms with van der Waals surface area (Å²) >= 11 is 1.63. The van der Waals surface area contributed by atoms with Gasteiger partial charge in [-0.05, 0) is 19.1 Å². The van der Waals surface area contributed by atoms with Gasteiger partial charge in [-0.3, -0.25) is 9.36 Å². The molecule has 0 aliphatic rings. The number of aliphatic carboxylic acids is 1. The fraction of sp³-hybridized carbons (Fsp3) is 0.308. The fourth-order valence-electron chi connectivity index (χ4n) is 1.80. The molecule has 2 heterocycles. The highest BCUT2D eigenvalue weighted by Crippen LogP contribution is 2.20. The number of carbonyl (C=O) groups excluding carboxylic acids is 1. The first kappa shape index (κ1) is 14.3. The number of thiophene rings is 1. The van der Waals surface area contributed by atoms with Crippen molar-refractivity contribution < 1.29 is 14.7 Å². The number of hydrogen-bond donors (Lipinski definition) is 2. The van der Waals surface area contributed by atoms with Crippen LogP contribution in [-0.4, -0.2) is 32.6 Å². The summed E-state index contributed by atoms with van der Waals surface area (Å²) in [6, 6.07) is 3.03. The summed E-state index contributed by atoms with van der Waals surface area (Å²) < 4.78 is 1.85. The zero-order valence-corrected chi connectivity index (χ0v) is 12.0. The van der Waals surface area contributed by atoms with Crippen molar-refractivity contribution in [2.75, 3.05) is 0 Å². The molecule has 0 aromatic carbocycles. The van der Waals surface area contributed by atoms with Crippen LogP contribution in [-0.2, 0) is 16.0 Å². The molecular weight excluding hydrogens is 278 g/mol. The molecule has 1 atom stereocenters. The Morgan fingerprint density at radius 2 is 2.25 bits per heavy atom. The third kappa shape index (κ3) is 3.45. The van der Waals surface area contributed by atoms with E-state index >= 15 is 0 Å². The van der Waals surface area contributed by atoms with Crippen LogP contribution in [0, 0.1) is 6.92 Å². The molecule has 1 amide bonds. The molecule has 106 valence electrons. The number of hydrogen-bond acceptors (Lipinski definition) is 4. The van der Waals surface area contributed by atoms with Crippen molar-refractivity contribution in [3.05, 3.63) is 35.2 Å². The smallest absolute Gasteiger partial charge is 0.326 e. The second kappa shape index (κ2) is 5.87. The molecule has 0 saturated heterocycles.